The summed E-state index contributed by atoms with van der Waals surface area (Å²) in [5, 5.41) is 18.1. The Kier molecular flexibility index (Phi) is 4.98. The van der Waals surface area contributed by atoms with E-state index < -0.39 is 4.92 Å². The molecule has 0 aliphatic heterocycles. The molecule has 8 heteroatoms. The Morgan fingerprint density at radius 1 is 1.26 bits per heavy atom. The van der Waals surface area contributed by atoms with E-state index in [1.807, 2.05) is 26.0 Å². The van der Waals surface area contributed by atoms with Crippen LogP contribution in [0.15, 0.2) is 48.8 Å². The van der Waals surface area contributed by atoms with Gasteiger partial charge in [0.25, 0.3) is 11.6 Å². The second-order valence-electron chi connectivity index (χ2n) is 6.41. The van der Waals surface area contributed by atoms with E-state index in [-0.39, 0.29) is 17.5 Å². The van der Waals surface area contributed by atoms with Gasteiger partial charge in [0.2, 0.25) is 0 Å². The number of aryl methyl sites for hydroxylation is 1. The fourth-order valence-electron chi connectivity index (χ4n) is 2.83. The van der Waals surface area contributed by atoms with Crippen molar-refractivity contribution < 1.29 is 9.72 Å². The zero-order valence-electron chi connectivity index (χ0n) is 15.2. The first kappa shape index (κ1) is 18.2. The van der Waals surface area contributed by atoms with E-state index in [1.165, 1.54) is 12.3 Å². The Morgan fingerprint density at radius 2 is 2.04 bits per heavy atom. The van der Waals surface area contributed by atoms with Crippen LogP contribution in [0.2, 0.25) is 0 Å². The summed E-state index contributed by atoms with van der Waals surface area (Å²) in [6.45, 7) is 5.57. The van der Waals surface area contributed by atoms with Crippen molar-refractivity contribution >= 4 is 17.3 Å². The fourth-order valence-corrected chi connectivity index (χ4v) is 2.83. The Bertz CT molecular complexity index is 996. The van der Waals surface area contributed by atoms with Gasteiger partial charge < -0.3 is 5.32 Å². The summed E-state index contributed by atoms with van der Waals surface area (Å²) < 4.78 is 1.64. The highest BCUT2D eigenvalue weighted by atomic mass is 16.6. The quantitative estimate of drug-likeness (QED) is 0.546. The van der Waals surface area contributed by atoms with Crippen molar-refractivity contribution in [3.63, 3.8) is 0 Å². The molecule has 0 radical (unpaired) electrons. The van der Waals surface area contributed by atoms with Gasteiger partial charge in [0.15, 0.2) is 5.82 Å². The van der Waals surface area contributed by atoms with E-state index in [0.717, 1.165) is 0 Å². The van der Waals surface area contributed by atoms with Crippen LogP contribution >= 0.6 is 0 Å². The van der Waals surface area contributed by atoms with Crippen molar-refractivity contribution in [3.05, 3.63) is 75.7 Å². The lowest BCUT2D eigenvalue weighted by Gasteiger charge is -2.12. The molecule has 0 fully saturated rings. The third-order valence-corrected chi connectivity index (χ3v) is 4.13. The summed E-state index contributed by atoms with van der Waals surface area (Å²) in [7, 11) is 0. The van der Waals surface area contributed by atoms with Crippen LogP contribution in [0.5, 0.6) is 0 Å². The van der Waals surface area contributed by atoms with Crippen molar-refractivity contribution in [1.29, 1.82) is 0 Å². The first-order valence-electron chi connectivity index (χ1n) is 8.44. The van der Waals surface area contributed by atoms with Crippen LogP contribution in [-0.2, 0) is 0 Å². The Labute approximate surface area is 156 Å². The van der Waals surface area contributed by atoms with Crippen molar-refractivity contribution in [2.24, 2.45) is 0 Å². The second-order valence-corrected chi connectivity index (χ2v) is 6.41. The SMILES string of the molecule is Cc1ccc(NC(=O)c2cnn(-c3ccccn3)c2C(C)C)cc1[N+](=O)[O-]. The second kappa shape index (κ2) is 7.36. The Balaban J connectivity index is 1.95. The normalized spacial score (nSPS) is 10.8. The molecular weight excluding hydrogens is 346 g/mol. The van der Waals surface area contributed by atoms with Gasteiger partial charge in [-0.25, -0.2) is 9.67 Å². The summed E-state index contributed by atoms with van der Waals surface area (Å²) in [5.41, 5.74) is 1.97. The minimum atomic E-state index is -0.469. The van der Waals surface area contributed by atoms with Gasteiger partial charge in [-0.3, -0.25) is 14.9 Å². The van der Waals surface area contributed by atoms with Crippen molar-refractivity contribution in [2.45, 2.75) is 26.7 Å². The molecule has 1 aromatic carbocycles. The van der Waals surface area contributed by atoms with Crippen LogP contribution in [-0.4, -0.2) is 25.6 Å². The maximum atomic E-state index is 12.8. The number of nitrogens with zero attached hydrogens (tertiary/aromatic N) is 4. The smallest absolute Gasteiger partial charge is 0.274 e. The minimum absolute atomic E-state index is 0.0163. The van der Waals surface area contributed by atoms with Crippen LogP contribution in [0.4, 0.5) is 11.4 Å². The molecule has 0 atom stereocenters. The van der Waals surface area contributed by atoms with Crippen LogP contribution in [0.3, 0.4) is 0 Å². The molecule has 0 saturated heterocycles. The average molecular weight is 365 g/mol. The van der Waals surface area contributed by atoms with Gasteiger partial charge in [0.05, 0.1) is 22.4 Å². The van der Waals surface area contributed by atoms with Gasteiger partial charge in [-0.05, 0) is 31.0 Å². The van der Waals surface area contributed by atoms with Gasteiger partial charge >= 0.3 is 0 Å². The number of carbonyl (C=O) groups excluding carboxylic acids is 1. The predicted molar refractivity (Wildman–Crippen MR) is 101 cm³/mol. The number of hydrogen-bond acceptors (Lipinski definition) is 5. The minimum Gasteiger partial charge on any atom is -0.322 e. The van der Waals surface area contributed by atoms with Crippen molar-refractivity contribution in [3.8, 4) is 5.82 Å². The molecule has 27 heavy (non-hydrogen) atoms. The molecule has 3 rings (SSSR count). The van der Waals surface area contributed by atoms with Crippen LogP contribution < -0.4 is 5.32 Å². The van der Waals surface area contributed by atoms with Gasteiger partial charge in [0, 0.05) is 23.5 Å². The maximum absolute atomic E-state index is 12.8. The number of nitrogens with one attached hydrogen (secondary N) is 1. The third-order valence-electron chi connectivity index (χ3n) is 4.13. The highest BCUT2D eigenvalue weighted by Gasteiger charge is 2.22. The van der Waals surface area contributed by atoms with E-state index in [0.29, 0.717) is 28.3 Å². The van der Waals surface area contributed by atoms with Gasteiger partial charge in [0.1, 0.15) is 0 Å². The number of hydrogen-bond donors (Lipinski definition) is 1. The number of anilines is 1. The summed E-state index contributed by atoms with van der Waals surface area (Å²) >= 11 is 0. The number of nitro groups is 1. The Hall–Kier alpha value is -3.55. The topological polar surface area (TPSA) is 103 Å². The summed E-state index contributed by atoms with van der Waals surface area (Å²) in [6.07, 6.45) is 3.15. The molecule has 0 spiro atoms. The lowest BCUT2D eigenvalue weighted by molar-refractivity contribution is -0.385. The first-order chi connectivity index (χ1) is 12.9. The molecule has 1 N–H and O–H groups in total. The van der Waals surface area contributed by atoms with E-state index >= 15 is 0 Å². The molecule has 8 nitrogen and oxygen atoms in total. The standard InChI is InChI=1S/C19H19N5O3/c1-12(2)18-15(11-21-23(18)17-6-4-5-9-20-17)19(25)22-14-8-7-13(3)16(10-14)24(26)27/h4-12H,1-3H3,(H,22,25). The Morgan fingerprint density at radius 3 is 2.67 bits per heavy atom. The summed E-state index contributed by atoms with van der Waals surface area (Å²) in [6, 6.07) is 10.1. The van der Waals surface area contributed by atoms with E-state index in [1.54, 1.807) is 36.0 Å². The summed E-state index contributed by atoms with van der Waals surface area (Å²) in [4.78, 5) is 27.7. The zero-order chi connectivity index (χ0) is 19.6. The molecule has 2 aromatic heterocycles. The third kappa shape index (κ3) is 3.69. The fraction of sp³-hybridized carbons (Fsp3) is 0.211. The van der Waals surface area contributed by atoms with Crippen molar-refractivity contribution in [1.82, 2.24) is 14.8 Å². The average Bonchev–Trinajstić information content (AvgIpc) is 3.09. The largest absolute Gasteiger partial charge is 0.322 e. The van der Waals surface area contributed by atoms with Crippen LogP contribution in [0.25, 0.3) is 5.82 Å². The molecule has 2 heterocycles. The molecule has 0 unspecified atom stereocenters. The summed E-state index contributed by atoms with van der Waals surface area (Å²) in [5.74, 6) is 0.257. The molecule has 138 valence electrons. The number of pyridine rings is 1. The maximum Gasteiger partial charge on any atom is 0.274 e. The van der Waals surface area contributed by atoms with E-state index in [4.69, 9.17) is 0 Å². The van der Waals surface area contributed by atoms with Crippen LogP contribution in [0.1, 0.15) is 41.4 Å². The molecular formula is C19H19N5O3. The van der Waals surface area contributed by atoms with Crippen molar-refractivity contribution in [2.75, 3.05) is 5.32 Å². The molecule has 0 bridgehead atoms. The van der Waals surface area contributed by atoms with Gasteiger partial charge in [-0.2, -0.15) is 5.10 Å². The number of benzene rings is 1. The lowest BCUT2D eigenvalue weighted by Crippen LogP contribution is -2.16. The predicted octanol–water partition coefficient (Wildman–Crippen LogP) is 3.86. The molecule has 0 saturated carbocycles. The van der Waals surface area contributed by atoms with Crippen LogP contribution in [0, 0.1) is 17.0 Å². The highest BCUT2D eigenvalue weighted by molar-refractivity contribution is 6.05. The number of amides is 1. The number of nitro benzene ring substituents is 1. The molecule has 3 aromatic rings. The number of aromatic nitrogens is 3. The number of rotatable bonds is 5. The highest BCUT2D eigenvalue weighted by Crippen LogP contribution is 2.25. The molecule has 0 aliphatic carbocycles. The van der Waals surface area contributed by atoms with E-state index in [2.05, 4.69) is 15.4 Å². The van der Waals surface area contributed by atoms with Gasteiger partial charge in [-0.15, -0.1) is 0 Å². The van der Waals surface area contributed by atoms with Gasteiger partial charge in [-0.1, -0.05) is 26.0 Å². The number of carbonyl (C=O) groups is 1. The first-order valence-corrected chi connectivity index (χ1v) is 8.44. The van der Waals surface area contributed by atoms with E-state index in [9.17, 15) is 14.9 Å². The molecule has 0 aliphatic rings. The monoisotopic (exact) mass is 365 g/mol. The lowest BCUT2D eigenvalue weighted by atomic mass is 10.1. The molecule has 1 amide bonds. The zero-order valence-corrected chi connectivity index (χ0v) is 15.2.